The van der Waals surface area contributed by atoms with E-state index in [1.807, 2.05) is 26.0 Å². The molecule has 0 atom stereocenters. The molecule has 0 spiro atoms. The summed E-state index contributed by atoms with van der Waals surface area (Å²) in [5.41, 5.74) is 1.38. The third-order valence-corrected chi connectivity index (χ3v) is 6.67. The highest BCUT2D eigenvalue weighted by atomic mass is 32.2. The molecule has 0 unspecified atom stereocenters. The second-order valence-corrected chi connectivity index (χ2v) is 10.4. The van der Waals surface area contributed by atoms with Crippen LogP contribution in [0.3, 0.4) is 0 Å². The molecule has 1 heterocycles. The second kappa shape index (κ2) is 8.18. The van der Waals surface area contributed by atoms with E-state index in [9.17, 15) is 4.79 Å². The molecule has 1 aliphatic rings. The summed E-state index contributed by atoms with van der Waals surface area (Å²) in [7, 11) is -0.375. The zero-order valence-corrected chi connectivity index (χ0v) is 18.8. The van der Waals surface area contributed by atoms with Crippen molar-refractivity contribution >= 4 is 30.3 Å². The van der Waals surface area contributed by atoms with Crippen LogP contribution in [0.2, 0.25) is 0 Å². The number of aryl methyl sites for hydroxylation is 1. The summed E-state index contributed by atoms with van der Waals surface area (Å²) >= 11 is 1.53. The normalized spacial score (nSPS) is 18.6. The largest absolute Gasteiger partial charge is 0.494 e. The molecule has 0 N–H and O–H groups in total. The van der Waals surface area contributed by atoms with E-state index in [4.69, 9.17) is 14.0 Å². The minimum absolute atomic E-state index is 0.171. The van der Waals surface area contributed by atoms with E-state index in [0.717, 1.165) is 28.8 Å². The predicted octanol–water partition coefficient (Wildman–Crippen LogP) is 4.51. The van der Waals surface area contributed by atoms with Gasteiger partial charge in [-0.2, -0.15) is 0 Å². The summed E-state index contributed by atoms with van der Waals surface area (Å²) in [4.78, 5) is 13.5. The van der Waals surface area contributed by atoms with Gasteiger partial charge in [-0.25, -0.2) is 0 Å². The number of carbonyl (C=O) groups excluding carboxylic acids is 1. The summed E-state index contributed by atoms with van der Waals surface area (Å²) in [6, 6.07) is 6.15. The van der Waals surface area contributed by atoms with E-state index < -0.39 is 4.75 Å². The molecule has 1 fully saturated rings. The lowest BCUT2D eigenvalue weighted by Crippen LogP contribution is -2.41. The van der Waals surface area contributed by atoms with Gasteiger partial charge >= 0.3 is 13.1 Å². The highest BCUT2D eigenvalue weighted by Crippen LogP contribution is 2.38. The van der Waals surface area contributed by atoms with Crippen LogP contribution in [0.1, 0.15) is 66.9 Å². The Morgan fingerprint density at radius 2 is 1.78 bits per heavy atom. The minimum atomic E-state index is -0.635. The Hall–Kier alpha value is -0.975. The molecule has 4 nitrogen and oxygen atoms in total. The van der Waals surface area contributed by atoms with Crippen molar-refractivity contribution in [2.75, 3.05) is 6.61 Å². The first-order valence-electron chi connectivity index (χ1n) is 9.72. The lowest BCUT2D eigenvalue weighted by Gasteiger charge is -2.32. The maximum Gasteiger partial charge on any atom is 0.494 e. The molecule has 2 rings (SSSR count). The molecule has 1 aromatic rings. The van der Waals surface area contributed by atoms with Crippen LogP contribution >= 0.6 is 11.8 Å². The van der Waals surface area contributed by atoms with Gasteiger partial charge in [-0.1, -0.05) is 25.5 Å². The summed E-state index contributed by atoms with van der Waals surface area (Å²) in [6.07, 6.45) is 1.91. The maximum atomic E-state index is 12.4. The number of hydrogen-bond acceptors (Lipinski definition) is 5. The molecule has 0 aromatic heterocycles. The summed E-state index contributed by atoms with van der Waals surface area (Å²) in [6.45, 7) is 16.6. The van der Waals surface area contributed by atoms with E-state index in [1.165, 1.54) is 11.8 Å². The monoisotopic (exact) mass is 392 g/mol. The highest BCUT2D eigenvalue weighted by molar-refractivity contribution is 8.01. The molecular formula is C21H33BO4S. The Morgan fingerprint density at radius 1 is 1.19 bits per heavy atom. The number of benzene rings is 1. The Kier molecular flexibility index (Phi) is 6.76. The Balaban J connectivity index is 2.10. The minimum Gasteiger partial charge on any atom is -0.465 e. The van der Waals surface area contributed by atoms with Crippen molar-refractivity contribution in [2.24, 2.45) is 0 Å². The summed E-state index contributed by atoms with van der Waals surface area (Å²) in [5.74, 6) is -0.171. The van der Waals surface area contributed by atoms with E-state index in [1.54, 1.807) is 0 Å². The van der Waals surface area contributed by atoms with E-state index >= 15 is 0 Å². The van der Waals surface area contributed by atoms with Crippen molar-refractivity contribution in [2.45, 2.75) is 89.1 Å². The SMILES string of the molecule is CCCCOC(=O)C(C)(C)Sc1ccc(B2OC(C)(C)C(C)(C)O2)cc1C. The van der Waals surface area contributed by atoms with Gasteiger partial charge in [-0.05, 0) is 72.0 Å². The van der Waals surface area contributed by atoms with Gasteiger partial charge < -0.3 is 14.0 Å². The molecule has 0 amide bonds. The molecule has 0 aliphatic carbocycles. The van der Waals surface area contributed by atoms with Crippen molar-refractivity contribution in [3.8, 4) is 0 Å². The zero-order valence-electron chi connectivity index (χ0n) is 18.0. The van der Waals surface area contributed by atoms with Crippen molar-refractivity contribution in [3.63, 3.8) is 0 Å². The molecule has 6 heteroatoms. The van der Waals surface area contributed by atoms with E-state index in [2.05, 4.69) is 47.6 Å². The third-order valence-electron chi connectivity index (χ3n) is 5.31. The van der Waals surface area contributed by atoms with E-state index in [0.29, 0.717) is 6.61 Å². The molecular weight excluding hydrogens is 359 g/mol. The third kappa shape index (κ3) is 5.10. The van der Waals surface area contributed by atoms with Crippen LogP contribution in [-0.2, 0) is 18.8 Å². The van der Waals surface area contributed by atoms with Gasteiger partial charge in [0.2, 0.25) is 0 Å². The maximum absolute atomic E-state index is 12.4. The number of esters is 1. The van der Waals surface area contributed by atoms with Crippen molar-refractivity contribution in [1.29, 1.82) is 0 Å². The lowest BCUT2D eigenvalue weighted by atomic mass is 9.78. The Bertz CT molecular complexity index is 669. The van der Waals surface area contributed by atoms with Gasteiger partial charge in [0, 0.05) is 4.90 Å². The number of rotatable bonds is 7. The number of ether oxygens (including phenoxy) is 1. The fraction of sp³-hybridized carbons (Fsp3) is 0.667. The Morgan fingerprint density at radius 3 is 2.30 bits per heavy atom. The first-order chi connectivity index (χ1) is 12.4. The molecule has 1 aliphatic heterocycles. The van der Waals surface area contributed by atoms with E-state index in [-0.39, 0.29) is 24.3 Å². The van der Waals surface area contributed by atoms with Crippen molar-refractivity contribution in [1.82, 2.24) is 0 Å². The summed E-state index contributed by atoms with van der Waals surface area (Å²) in [5, 5.41) is 0. The number of carbonyl (C=O) groups is 1. The van der Waals surface area contributed by atoms with Crippen LogP contribution in [0.25, 0.3) is 0 Å². The van der Waals surface area contributed by atoms with Crippen LogP contribution in [0.5, 0.6) is 0 Å². The predicted molar refractivity (Wildman–Crippen MR) is 113 cm³/mol. The molecule has 1 saturated heterocycles. The smallest absolute Gasteiger partial charge is 0.465 e. The van der Waals surface area contributed by atoms with Crippen LogP contribution in [0.15, 0.2) is 23.1 Å². The average Bonchev–Trinajstić information content (AvgIpc) is 2.77. The summed E-state index contributed by atoms with van der Waals surface area (Å²) < 4.78 is 17.0. The van der Waals surface area contributed by atoms with Crippen molar-refractivity contribution < 1.29 is 18.8 Å². The van der Waals surface area contributed by atoms with Gasteiger partial charge in [0.15, 0.2) is 0 Å². The quantitative estimate of drug-likeness (QED) is 0.296. The van der Waals surface area contributed by atoms with Crippen LogP contribution in [-0.4, -0.2) is 35.6 Å². The van der Waals surface area contributed by atoms with Gasteiger partial charge in [0.05, 0.1) is 17.8 Å². The van der Waals surface area contributed by atoms with Crippen LogP contribution in [0.4, 0.5) is 0 Å². The number of hydrogen-bond donors (Lipinski definition) is 0. The molecule has 1 aromatic carbocycles. The number of unbranched alkanes of at least 4 members (excludes halogenated alkanes) is 1. The zero-order chi connectivity index (χ0) is 20.5. The molecule has 150 valence electrons. The van der Waals surface area contributed by atoms with Gasteiger partial charge in [0.25, 0.3) is 0 Å². The topological polar surface area (TPSA) is 44.8 Å². The van der Waals surface area contributed by atoms with Crippen LogP contribution in [0, 0.1) is 6.92 Å². The number of thioether (sulfide) groups is 1. The lowest BCUT2D eigenvalue weighted by molar-refractivity contribution is -0.145. The van der Waals surface area contributed by atoms with Gasteiger partial charge in [-0.3, -0.25) is 4.79 Å². The van der Waals surface area contributed by atoms with Gasteiger partial charge in [0.1, 0.15) is 4.75 Å². The van der Waals surface area contributed by atoms with Gasteiger partial charge in [-0.15, -0.1) is 11.8 Å². The highest BCUT2D eigenvalue weighted by Gasteiger charge is 2.51. The second-order valence-electron chi connectivity index (χ2n) is 8.72. The first kappa shape index (κ1) is 22.3. The van der Waals surface area contributed by atoms with Crippen LogP contribution < -0.4 is 5.46 Å². The standard InChI is InChI=1S/C21H33BO4S/c1-9-10-13-24-18(23)19(3,4)27-17-12-11-16(14-15(17)2)22-25-20(5,6)21(7,8)26-22/h11-12,14H,9-10,13H2,1-8H3. The molecule has 0 radical (unpaired) electrons. The fourth-order valence-corrected chi connectivity index (χ4v) is 3.76. The van der Waals surface area contributed by atoms with Crippen molar-refractivity contribution in [3.05, 3.63) is 23.8 Å². The first-order valence-corrected chi connectivity index (χ1v) is 10.5. The molecule has 0 saturated carbocycles. The molecule has 0 bridgehead atoms. The average molecular weight is 392 g/mol. The molecule has 27 heavy (non-hydrogen) atoms. The fourth-order valence-electron chi connectivity index (χ4n) is 2.71. The Labute approximate surface area is 168 Å².